The third-order valence-corrected chi connectivity index (χ3v) is 2.71. The van der Waals surface area contributed by atoms with Gasteiger partial charge >= 0.3 is 0 Å². The van der Waals surface area contributed by atoms with Crippen molar-refractivity contribution in [1.29, 1.82) is 0 Å². The molecule has 0 bridgehead atoms. The minimum absolute atomic E-state index is 0.235. The highest BCUT2D eigenvalue weighted by atomic mass is 32.2. The van der Waals surface area contributed by atoms with Crippen molar-refractivity contribution in [1.82, 2.24) is 0 Å². The molecule has 1 rings (SSSR count). The molecule has 1 nitrogen and oxygen atoms in total. The largest absolute Gasteiger partial charge is 0.395 e. The maximum Gasteiger partial charge on any atom is 0.0550 e. The molecule has 66 valence electrons. The topological polar surface area (TPSA) is 20.2 Å². The van der Waals surface area contributed by atoms with E-state index in [0.29, 0.717) is 0 Å². The lowest BCUT2D eigenvalue weighted by atomic mass is 10.2. The average Bonchev–Trinajstić information content (AvgIpc) is 2.09. The van der Waals surface area contributed by atoms with E-state index >= 15 is 0 Å². The molecular formula is C10H14OS. The highest BCUT2D eigenvalue weighted by molar-refractivity contribution is 8.00. The zero-order chi connectivity index (χ0) is 8.97. The van der Waals surface area contributed by atoms with Crippen LogP contribution in [0.25, 0.3) is 0 Å². The third-order valence-electron chi connectivity index (χ3n) is 1.62. The average molecular weight is 182 g/mol. The highest BCUT2D eigenvalue weighted by Crippen LogP contribution is 2.22. The smallest absolute Gasteiger partial charge is 0.0550 e. The molecule has 1 aromatic carbocycles. The second-order valence-corrected chi connectivity index (χ2v) is 4.44. The maximum absolute atomic E-state index is 8.83. The van der Waals surface area contributed by atoms with E-state index in [0.717, 1.165) is 0 Å². The van der Waals surface area contributed by atoms with Crippen LogP contribution < -0.4 is 0 Å². The van der Waals surface area contributed by atoms with E-state index in [1.165, 1.54) is 10.5 Å². The molecule has 0 aromatic heterocycles. The van der Waals surface area contributed by atoms with Crippen LogP contribution in [0, 0.1) is 6.92 Å². The fourth-order valence-electron chi connectivity index (χ4n) is 0.886. The first kappa shape index (κ1) is 9.62. The lowest BCUT2D eigenvalue weighted by Gasteiger charge is -2.06. The number of thioether (sulfide) groups is 1. The van der Waals surface area contributed by atoms with Gasteiger partial charge in [-0.2, -0.15) is 0 Å². The summed E-state index contributed by atoms with van der Waals surface area (Å²) in [7, 11) is 0. The molecule has 0 amide bonds. The molecule has 0 unspecified atom stereocenters. The van der Waals surface area contributed by atoms with Gasteiger partial charge in [-0.25, -0.2) is 0 Å². The first-order valence-corrected chi connectivity index (χ1v) is 4.94. The van der Waals surface area contributed by atoms with E-state index in [1.54, 1.807) is 11.8 Å². The van der Waals surface area contributed by atoms with E-state index in [-0.39, 0.29) is 11.9 Å². The number of aliphatic hydroxyl groups is 1. The lowest BCUT2D eigenvalue weighted by molar-refractivity contribution is 0.300. The first-order valence-electron chi connectivity index (χ1n) is 4.06. The van der Waals surface area contributed by atoms with Crippen LogP contribution >= 0.6 is 11.8 Å². The van der Waals surface area contributed by atoms with Gasteiger partial charge in [0.15, 0.2) is 0 Å². The van der Waals surface area contributed by atoms with Gasteiger partial charge in [-0.3, -0.25) is 0 Å². The Morgan fingerprint density at radius 3 is 2.42 bits per heavy atom. The predicted molar refractivity (Wildman–Crippen MR) is 53.6 cm³/mol. The molecule has 0 heterocycles. The molecular weight excluding hydrogens is 168 g/mol. The van der Waals surface area contributed by atoms with E-state index in [4.69, 9.17) is 5.11 Å². The summed E-state index contributed by atoms with van der Waals surface area (Å²) in [6.07, 6.45) is 0. The molecule has 2 heteroatoms. The van der Waals surface area contributed by atoms with E-state index in [9.17, 15) is 0 Å². The Bertz CT molecular complexity index is 230. The molecule has 0 saturated heterocycles. The van der Waals surface area contributed by atoms with Crippen LogP contribution in [0.1, 0.15) is 12.5 Å². The molecule has 12 heavy (non-hydrogen) atoms. The van der Waals surface area contributed by atoms with Crippen LogP contribution in [-0.4, -0.2) is 17.0 Å². The standard InChI is InChI=1S/C10H14OS/c1-8-3-5-10(6-4-8)12-9(2)7-11/h3-6,9,11H,7H2,1-2H3/t9-/m1/s1. The summed E-state index contributed by atoms with van der Waals surface area (Å²) < 4.78 is 0. The predicted octanol–water partition coefficient (Wildman–Crippen LogP) is 2.47. The summed E-state index contributed by atoms with van der Waals surface area (Å²) >= 11 is 1.70. The molecule has 0 radical (unpaired) electrons. The zero-order valence-electron chi connectivity index (χ0n) is 7.45. The molecule has 1 atom stereocenters. The van der Waals surface area contributed by atoms with Crippen molar-refractivity contribution in [2.75, 3.05) is 6.61 Å². The van der Waals surface area contributed by atoms with Crippen molar-refractivity contribution < 1.29 is 5.11 Å². The molecule has 0 aliphatic rings. The van der Waals surface area contributed by atoms with Crippen LogP contribution in [0.2, 0.25) is 0 Å². The fraction of sp³-hybridized carbons (Fsp3) is 0.400. The Morgan fingerprint density at radius 2 is 1.92 bits per heavy atom. The molecule has 1 N–H and O–H groups in total. The quantitative estimate of drug-likeness (QED) is 0.725. The molecule has 0 aliphatic heterocycles. The summed E-state index contributed by atoms with van der Waals surface area (Å²) in [5.74, 6) is 0. The second-order valence-electron chi connectivity index (χ2n) is 2.92. The Kier molecular flexibility index (Phi) is 3.63. The number of hydrogen-bond donors (Lipinski definition) is 1. The summed E-state index contributed by atoms with van der Waals surface area (Å²) in [5.41, 5.74) is 1.27. The maximum atomic E-state index is 8.83. The second kappa shape index (κ2) is 4.53. The SMILES string of the molecule is Cc1ccc(S[C@H](C)CO)cc1. The summed E-state index contributed by atoms with van der Waals surface area (Å²) in [5, 5.41) is 9.11. The van der Waals surface area contributed by atoms with Gasteiger partial charge in [0.2, 0.25) is 0 Å². The van der Waals surface area contributed by atoms with E-state index < -0.39 is 0 Å². The van der Waals surface area contributed by atoms with Gasteiger partial charge in [-0.15, -0.1) is 11.8 Å². The molecule has 0 fully saturated rings. The normalized spacial score (nSPS) is 12.9. The van der Waals surface area contributed by atoms with Crippen LogP contribution in [-0.2, 0) is 0 Å². The van der Waals surface area contributed by atoms with Gasteiger partial charge in [-0.05, 0) is 19.1 Å². The van der Waals surface area contributed by atoms with Crippen LogP contribution in [0.15, 0.2) is 29.2 Å². The van der Waals surface area contributed by atoms with Crippen molar-refractivity contribution in [2.24, 2.45) is 0 Å². The summed E-state index contributed by atoms with van der Waals surface area (Å²) in [4.78, 5) is 1.22. The van der Waals surface area contributed by atoms with E-state index in [2.05, 4.69) is 31.2 Å². The molecule has 1 aromatic rings. The minimum Gasteiger partial charge on any atom is -0.395 e. The Labute approximate surface area is 77.8 Å². The lowest BCUT2D eigenvalue weighted by Crippen LogP contribution is -2.00. The van der Waals surface area contributed by atoms with Gasteiger partial charge in [0.05, 0.1) is 6.61 Å². The Morgan fingerprint density at radius 1 is 1.33 bits per heavy atom. The van der Waals surface area contributed by atoms with Gasteiger partial charge in [-0.1, -0.05) is 24.6 Å². The number of hydrogen-bond acceptors (Lipinski definition) is 2. The zero-order valence-corrected chi connectivity index (χ0v) is 8.27. The van der Waals surface area contributed by atoms with Crippen molar-refractivity contribution in [3.05, 3.63) is 29.8 Å². The Hall–Kier alpha value is -0.470. The summed E-state index contributed by atoms with van der Waals surface area (Å²) in [6.45, 7) is 4.33. The Balaban J connectivity index is 2.58. The molecule has 0 aliphatic carbocycles. The first-order chi connectivity index (χ1) is 5.72. The van der Waals surface area contributed by atoms with E-state index in [1.807, 2.05) is 6.92 Å². The minimum atomic E-state index is 0.235. The fourth-order valence-corrected chi connectivity index (χ4v) is 1.72. The third kappa shape index (κ3) is 2.88. The number of rotatable bonds is 3. The van der Waals surface area contributed by atoms with Crippen LogP contribution in [0.3, 0.4) is 0 Å². The van der Waals surface area contributed by atoms with Crippen LogP contribution in [0.5, 0.6) is 0 Å². The molecule has 0 saturated carbocycles. The monoisotopic (exact) mass is 182 g/mol. The number of aryl methyl sites for hydroxylation is 1. The van der Waals surface area contributed by atoms with Crippen molar-refractivity contribution >= 4 is 11.8 Å². The van der Waals surface area contributed by atoms with Gasteiger partial charge in [0.1, 0.15) is 0 Å². The van der Waals surface area contributed by atoms with Gasteiger partial charge in [0, 0.05) is 10.1 Å². The number of benzene rings is 1. The van der Waals surface area contributed by atoms with Crippen molar-refractivity contribution in [3.63, 3.8) is 0 Å². The van der Waals surface area contributed by atoms with Gasteiger partial charge < -0.3 is 5.11 Å². The molecule has 0 spiro atoms. The van der Waals surface area contributed by atoms with Crippen molar-refractivity contribution in [3.8, 4) is 0 Å². The van der Waals surface area contributed by atoms with Crippen molar-refractivity contribution in [2.45, 2.75) is 24.0 Å². The highest BCUT2D eigenvalue weighted by Gasteiger charge is 2.01. The summed E-state index contributed by atoms with van der Waals surface area (Å²) in [6, 6.07) is 8.36. The van der Waals surface area contributed by atoms with Crippen LogP contribution in [0.4, 0.5) is 0 Å². The van der Waals surface area contributed by atoms with Gasteiger partial charge in [0.25, 0.3) is 0 Å². The number of aliphatic hydroxyl groups excluding tert-OH is 1.